The molecular formula is C31H31FN6O4S. The lowest BCUT2D eigenvalue weighted by Crippen LogP contribution is -2.46. The van der Waals surface area contributed by atoms with Crippen molar-refractivity contribution in [2.75, 3.05) is 36.8 Å². The summed E-state index contributed by atoms with van der Waals surface area (Å²) >= 11 is 0. The molecule has 0 spiro atoms. The number of nitriles is 1. The maximum absolute atomic E-state index is 14.2. The SMILES string of the molecule is CC(=O)c1ccc2nc(CN3CCN(c4cccc(OCc5ccc(C#N)cc5F)n4)CC3)n(CC3CCS3(=O)=O)c2c1. The highest BCUT2D eigenvalue weighted by Crippen LogP contribution is 2.27. The minimum absolute atomic E-state index is 0.00115. The number of piperazine rings is 1. The van der Waals surface area contributed by atoms with Gasteiger partial charge in [0.05, 0.1) is 40.2 Å². The normalized spacial score (nSPS) is 18.3. The van der Waals surface area contributed by atoms with Gasteiger partial charge in [0.25, 0.3) is 0 Å². The van der Waals surface area contributed by atoms with Gasteiger partial charge < -0.3 is 14.2 Å². The number of sulfone groups is 1. The minimum atomic E-state index is -3.09. The second-order valence-corrected chi connectivity index (χ2v) is 13.4. The number of carbonyl (C=O) groups is 1. The topological polar surface area (TPSA) is 121 Å². The van der Waals surface area contributed by atoms with Crippen LogP contribution < -0.4 is 9.64 Å². The smallest absolute Gasteiger partial charge is 0.215 e. The van der Waals surface area contributed by atoms with Crippen LogP contribution in [0.4, 0.5) is 10.2 Å². The number of fused-ring (bicyclic) bond motifs is 1. The highest BCUT2D eigenvalue weighted by Gasteiger charge is 2.36. The van der Waals surface area contributed by atoms with Crippen LogP contribution in [0.1, 0.15) is 40.7 Å². The molecule has 0 amide bonds. The Bertz CT molecular complexity index is 1840. The van der Waals surface area contributed by atoms with E-state index < -0.39 is 20.9 Å². The molecule has 4 aromatic rings. The molecule has 12 heteroatoms. The fourth-order valence-electron chi connectivity index (χ4n) is 5.48. The van der Waals surface area contributed by atoms with Gasteiger partial charge in [0.15, 0.2) is 15.6 Å². The van der Waals surface area contributed by atoms with Crippen molar-refractivity contribution in [3.05, 3.63) is 82.9 Å². The van der Waals surface area contributed by atoms with Gasteiger partial charge >= 0.3 is 0 Å². The van der Waals surface area contributed by atoms with Crippen molar-refractivity contribution in [1.82, 2.24) is 19.4 Å². The fraction of sp³-hybridized carbons (Fsp3) is 0.355. The van der Waals surface area contributed by atoms with Crippen LogP contribution in [0.5, 0.6) is 5.88 Å². The quantitative estimate of drug-likeness (QED) is 0.264. The highest BCUT2D eigenvalue weighted by atomic mass is 32.2. The molecule has 2 aliphatic rings. The van der Waals surface area contributed by atoms with Gasteiger partial charge in [-0.2, -0.15) is 10.2 Å². The van der Waals surface area contributed by atoms with E-state index in [1.165, 1.54) is 13.0 Å². The lowest BCUT2D eigenvalue weighted by Gasteiger charge is -2.35. The van der Waals surface area contributed by atoms with Crippen molar-refractivity contribution in [2.45, 2.75) is 38.3 Å². The molecular weight excluding hydrogens is 571 g/mol. The van der Waals surface area contributed by atoms with Gasteiger partial charge in [0, 0.05) is 49.9 Å². The maximum atomic E-state index is 14.2. The first-order valence-corrected chi connectivity index (χ1v) is 15.9. The molecule has 6 rings (SSSR count). The first kappa shape index (κ1) is 28.8. The van der Waals surface area contributed by atoms with Crippen LogP contribution in [0.25, 0.3) is 11.0 Å². The van der Waals surface area contributed by atoms with Crippen LogP contribution in [-0.4, -0.2) is 70.8 Å². The van der Waals surface area contributed by atoms with Gasteiger partial charge in [-0.3, -0.25) is 9.69 Å². The number of hydrogen-bond acceptors (Lipinski definition) is 9. The third-order valence-electron chi connectivity index (χ3n) is 8.18. The Morgan fingerprint density at radius 1 is 1.09 bits per heavy atom. The summed E-state index contributed by atoms with van der Waals surface area (Å²) in [4.78, 5) is 26.0. The van der Waals surface area contributed by atoms with Gasteiger partial charge in [-0.05, 0) is 49.7 Å². The van der Waals surface area contributed by atoms with E-state index in [4.69, 9.17) is 15.0 Å². The second-order valence-electron chi connectivity index (χ2n) is 11.0. The van der Waals surface area contributed by atoms with Crippen LogP contribution in [0.2, 0.25) is 0 Å². The zero-order valence-electron chi connectivity index (χ0n) is 23.7. The Labute approximate surface area is 249 Å². The third kappa shape index (κ3) is 6.09. The Morgan fingerprint density at radius 3 is 2.58 bits per heavy atom. The van der Waals surface area contributed by atoms with Gasteiger partial charge in [-0.1, -0.05) is 12.1 Å². The Morgan fingerprint density at radius 2 is 1.91 bits per heavy atom. The molecule has 2 aromatic heterocycles. The molecule has 2 aromatic carbocycles. The highest BCUT2D eigenvalue weighted by molar-refractivity contribution is 7.93. The summed E-state index contributed by atoms with van der Waals surface area (Å²) < 4.78 is 46.7. The summed E-state index contributed by atoms with van der Waals surface area (Å²) in [6.45, 7) is 5.32. The van der Waals surface area contributed by atoms with Crippen molar-refractivity contribution < 1.29 is 22.3 Å². The summed E-state index contributed by atoms with van der Waals surface area (Å²) in [7, 11) is -3.09. The molecule has 0 N–H and O–H groups in total. The van der Waals surface area contributed by atoms with Gasteiger partial charge in [0.2, 0.25) is 5.88 Å². The molecule has 222 valence electrons. The number of ketones is 1. The minimum Gasteiger partial charge on any atom is -0.473 e. The number of pyridine rings is 1. The predicted molar refractivity (Wildman–Crippen MR) is 159 cm³/mol. The molecule has 0 saturated carbocycles. The first-order valence-electron chi connectivity index (χ1n) is 14.2. The van der Waals surface area contributed by atoms with E-state index in [9.17, 15) is 17.6 Å². The lowest BCUT2D eigenvalue weighted by molar-refractivity contribution is 0.101. The zero-order chi connectivity index (χ0) is 30.1. The molecule has 4 heterocycles. The molecule has 1 atom stereocenters. The molecule has 0 bridgehead atoms. The largest absolute Gasteiger partial charge is 0.473 e. The van der Waals surface area contributed by atoms with Crippen LogP contribution in [0.15, 0.2) is 54.6 Å². The third-order valence-corrected chi connectivity index (χ3v) is 10.4. The number of rotatable bonds is 9. The summed E-state index contributed by atoms with van der Waals surface area (Å²) in [6, 6.07) is 17.1. The first-order chi connectivity index (χ1) is 20.7. The van der Waals surface area contributed by atoms with E-state index in [-0.39, 0.29) is 23.7 Å². The van der Waals surface area contributed by atoms with Crippen LogP contribution in [-0.2, 0) is 29.5 Å². The average molecular weight is 603 g/mol. The van der Waals surface area contributed by atoms with E-state index >= 15 is 0 Å². The summed E-state index contributed by atoms with van der Waals surface area (Å²) in [6.07, 6.45) is 0.630. The van der Waals surface area contributed by atoms with Crippen molar-refractivity contribution in [3.63, 3.8) is 0 Å². The van der Waals surface area contributed by atoms with Crippen molar-refractivity contribution in [1.29, 1.82) is 5.26 Å². The number of anilines is 1. The second kappa shape index (κ2) is 11.7. The Kier molecular flexibility index (Phi) is 7.85. The van der Waals surface area contributed by atoms with E-state index in [1.807, 2.05) is 34.9 Å². The number of hydrogen-bond donors (Lipinski definition) is 0. The molecule has 1 unspecified atom stereocenters. The van der Waals surface area contributed by atoms with Crippen molar-refractivity contribution >= 4 is 32.5 Å². The molecule has 43 heavy (non-hydrogen) atoms. The number of nitrogens with zero attached hydrogens (tertiary/aromatic N) is 6. The molecule has 2 fully saturated rings. The van der Waals surface area contributed by atoms with Gasteiger partial charge in [-0.25, -0.2) is 17.8 Å². The van der Waals surface area contributed by atoms with E-state index in [2.05, 4.69) is 14.8 Å². The monoisotopic (exact) mass is 602 g/mol. The number of imidazole rings is 1. The number of Topliss-reactive ketones (excluding diaryl/α,β-unsaturated/α-hetero) is 1. The van der Waals surface area contributed by atoms with Crippen molar-refractivity contribution in [2.24, 2.45) is 0 Å². The van der Waals surface area contributed by atoms with Crippen LogP contribution >= 0.6 is 0 Å². The Balaban J connectivity index is 1.12. The van der Waals surface area contributed by atoms with Crippen molar-refractivity contribution in [3.8, 4) is 11.9 Å². The zero-order valence-corrected chi connectivity index (χ0v) is 24.6. The number of aromatic nitrogens is 3. The number of benzene rings is 2. The lowest BCUT2D eigenvalue weighted by atomic mass is 10.1. The van der Waals surface area contributed by atoms with E-state index in [0.29, 0.717) is 49.6 Å². The Hall–Kier alpha value is -4.34. The standard InChI is InChI=1S/C31H31FN6O4S/c1-21(39)23-7-8-27-28(16-23)38(18-25-9-14-43(25,40)41)30(34-27)19-36-10-12-37(13-11-36)29-3-2-4-31(35-29)42-20-24-6-5-22(17-33)15-26(24)32/h2-8,15-16,25H,9-14,18-20H2,1H3. The molecule has 0 aliphatic carbocycles. The molecule has 2 saturated heterocycles. The summed E-state index contributed by atoms with van der Waals surface area (Å²) in [5.41, 5.74) is 2.71. The molecule has 0 radical (unpaired) electrons. The van der Waals surface area contributed by atoms with Crippen LogP contribution in [0.3, 0.4) is 0 Å². The molecule has 10 nitrogen and oxygen atoms in total. The average Bonchev–Trinajstić information content (AvgIpc) is 3.34. The van der Waals surface area contributed by atoms with Gasteiger partial charge in [0.1, 0.15) is 24.1 Å². The summed E-state index contributed by atoms with van der Waals surface area (Å²) in [5.74, 6) is 1.61. The summed E-state index contributed by atoms with van der Waals surface area (Å²) in [5, 5.41) is 8.50. The maximum Gasteiger partial charge on any atom is 0.215 e. The molecule has 2 aliphatic heterocycles. The van der Waals surface area contributed by atoms with Crippen LogP contribution in [0, 0.1) is 17.1 Å². The van der Waals surface area contributed by atoms with Gasteiger partial charge in [-0.15, -0.1) is 0 Å². The fourth-order valence-corrected chi connectivity index (χ4v) is 6.81. The number of ether oxygens (including phenoxy) is 1. The predicted octanol–water partition coefficient (Wildman–Crippen LogP) is 3.73. The number of carbonyl (C=O) groups excluding carboxylic acids is 1. The van der Waals surface area contributed by atoms with E-state index in [0.717, 1.165) is 35.8 Å². The number of halogens is 1. The van der Waals surface area contributed by atoms with E-state index in [1.54, 1.807) is 24.3 Å².